The molecule has 0 aromatic heterocycles. The van der Waals surface area contributed by atoms with Crippen molar-refractivity contribution in [2.24, 2.45) is 0 Å². The molecule has 1 fully saturated rings. The van der Waals surface area contributed by atoms with Gasteiger partial charge in [-0.15, -0.1) is 0 Å². The molecule has 1 aliphatic rings. The van der Waals surface area contributed by atoms with Crippen molar-refractivity contribution in [2.45, 2.75) is 30.6 Å². The SMILES string of the molecule is CS(=O)(=O)C1CCCC1Nc1ccc(OCC#N)cc1. The fraction of sp³-hybridized carbons (Fsp3) is 0.500. The van der Waals surface area contributed by atoms with E-state index in [9.17, 15) is 8.42 Å². The summed E-state index contributed by atoms with van der Waals surface area (Å²) >= 11 is 0. The predicted molar refractivity (Wildman–Crippen MR) is 77.4 cm³/mol. The maximum absolute atomic E-state index is 11.7. The number of nitrogens with zero attached hydrogens (tertiary/aromatic N) is 1. The van der Waals surface area contributed by atoms with Crippen LogP contribution >= 0.6 is 0 Å². The molecule has 2 unspecified atom stereocenters. The Morgan fingerprint density at radius 1 is 1.35 bits per heavy atom. The summed E-state index contributed by atoms with van der Waals surface area (Å²) < 4.78 is 28.6. The first-order chi connectivity index (χ1) is 9.50. The van der Waals surface area contributed by atoms with Crippen LogP contribution in [0.3, 0.4) is 0 Å². The first-order valence-corrected chi connectivity index (χ1v) is 8.51. The number of ether oxygens (including phenoxy) is 1. The van der Waals surface area contributed by atoms with Crippen LogP contribution < -0.4 is 10.1 Å². The largest absolute Gasteiger partial charge is 0.479 e. The van der Waals surface area contributed by atoms with E-state index in [2.05, 4.69) is 5.32 Å². The monoisotopic (exact) mass is 294 g/mol. The molecule has 2 atom stereocenters. The van der Waals surface area contributed by atoms with Gasteiger partial charge in [0.1, 0.15) is 11.8 Å². The van der Waals surface area contributed by atoms with Gasteiger partial charge < -0.3 is 10.1 Å². The highest BCUT2D eigenvalue weighted by atomic mass is 32.2. The number of nitriles is 1. The summed E-state index contributed by atoms with van der Waals surface area (Å²) in [7, 11) is -3.02. The van der Waals surface area contributed by atoms with Crippen LogP contribution in [0.4, 0.5) is 5.69 Å². The summed E-state index contributed by atoms with van der Waals surface area (Å²) in [6.07, 6.45) is 3.82. The molecule has 0 heterocycles. The Bertz CT molecular complexity index is 590. The van der Waals surface area contributed by atoms with Crippen molar-refractivity contribution >= 4 is 15.5 Å². The van der Waals surface area contributed by atoms with E-state index < -0.39 is 9.84 Å². The molecule has 0 saturated heterocycles. The van der Waals surface area contributed by atoms with E-state index in [0.29, 0.717) is 5.75 Å². The fourth-order valence-electron chi connectivity index (χ4n) is 2.58. The minimum atomic E-state index is -3.02. The molecule has 0 amide bonds. The minimum absolute atomic E-state index is 0.0194. The van der Waals surface area contributed by atoms with Crippen molar-refractivity contribution in [3.8, 4) is 11.8 Å². The number of rotatable bonds is 5. The maximum atomic E-state index is 11.7. The molecular formula is C14H18N2O3S. The number of benzene rings is 1. The Morgan fingerprint density at radius 2 is 2.05 bits per heavy atom. The normalized spacial score (nSPS) is 22.2. The van der Waals surface area contributed by atoms with Gasteiger partial charge in [0.15, 0.2) is 16.4 Å². The van der Waals surface area contributed by atoms with E-state index in [1.165, 1.54) is 6.26 Å². The Balaban J connectivity index is 2.01. The van der Waals surface area contributed by atoms with E-state index in [1.807, 2.05) is 18.2 Å². The van der Waals surface area contributed by atoms with Crippen LogP contribution in [0, 0.1) is 11.3 Å². The van der Waals surface area contributed by atoms with Gasteiger partial charge >= 0.3 is 0 Å². The molecule has 108 valence electrons. The molecule has 1 aliphatic carbocycles. The second-order valence-corrected chi connectivity index (χ2v) is 7.29. The second kappa shape index (κ2) is 6.14. The van der Waals surface area contributed by atoms with Crippen LogP contribution in [-0.2, 0) is 9.84 Å². The number of nitrogens with one attached hydrogen (secondary N) is 1. The molecule has 0 aliphatic heterocycles. The molecule has 2 rings (SSSR count). The van der Waals surface area contributed by atoms with E-state index in [1.54, 1.807) is 12.1 Å². The molecule has 1 aromatic rings. The summed E-state index contributed by atoms with van der Waals surface area (Å²) in [5, 5.41) is 11.4. The number of sulfone groups is 1. The summed E-state index contributed by atoms with van der Waals surface area (Å²) in [5.41, 5.74) is 0.870. The molecule has 6 heteroatoms. The van der Waals surface area contributed by atoms with Crippen LogP contribution in [-0.4, -0.2) is 32.6 Å². The average molecular weight is 294 g/mol. The van der Waals surface area contributed by atoms with E-state index in [-0.39, 0.29) is 17.9 Å². The molecule has 0 radical (unpaired) electrons. The summed E-state index contributed by atoms with van der Waals surface area (Å²) in [4.78, 5) is 0. The zero-order chi connectivity index (χ0) is 14.6. The summed E-state index contributed by atoms with van der Waals surface area (Å²) in [6, 6.07) is 9.09. The Kier molecular flexibility index (Phi) is 4.50. The standard InChI is InChI=1S/C14H18N2O3S/c1-20(17,18)14-4-2-3-13(14)16-11-5-7-12(8-6-11)19-10-9-15/h5-8,13-14,16H,2-4,10H2,1H3. The molecular weight excluding hydrogens is 276 g/mol. The van der Waals surface area contributed by atoms with Crippen LogP contribution in [0.5, 0.6) is 5.75 Å². The van der Waals surface area contributed by atoms with E-state index in [0.717, 1.165) is 24.9 Å². The lowest BCUT2D eigenvalue weighted by molar-refractivity contribution is 0.368. The van der Waals surface area contributed by atoms with Gasteiger partial charge in [-0.25, -0.2) is 8.42 Å². The first-order valence-electron chi connectivity index (χ1n) is 6.56. The third-order valence-corrected chi connectivity index (χ3v) is 5.18. The van der Waals surface area contributed by atoms with E-state index in [4.69, 9.17) is 10.00 Å². The quantitative estimate of drug-likeness (QED) is 0.898. The lowest BCUT2D eigenvalue weighted by atomic mass is 10.2. The Morgan fingerprint density at radius 3 is 2.65 bits per heavy atom. The maximum Gasteiger partial charge on any atom is 0.174 e. The molecule has 1 N–H and O–H groups in total. The Hall–Kier alpha value is -1.74. The van der Waals surface area contributed by atoms with Gasteiger partial charge in [0.25, 0.3) is 0 Å². The minimum Gasteiger partial charge on any atom is -0.479 e. The van der Waals surface area contributed by atoms with Crippen LogP contribution in [0.1, 0.15) is 19.3 Å². The third kappa shape index (κ3) is 3.64. The molecule has 20 heavy (non-hydrogen) atoms. The number of anilines is 1. The van der Waals surface area contributed by atoms with Crippen LogP contribution in [0.15, 0.2) is 24.3 Å². The van der Waals surface area contributed by atoms with Gasteiger partial charge in [0.05, 0.1) is 5.25 Å². The third-order valence-electron chi connectivity index (χ3n) is 3.51. The highest BCUT2D eigenvalue weighted by molar-refractivity contribution is 7.91. The zero-order valence-corrected chi connectivity index (χ0v) is 12.2. The second-order valence-electron chi connectivity index (χ2n) is 5.02. The van der Waals surface area contributed by atoms with Crippen molar-refractivity contribution in [3.05, 3.63) is 24.3 Å². The first kappa shape index (κ1) is 14.7. The number of hydrogen-bond acceptors (Lipinski definition) is 5. The summed E-state index contributed by atoms with van der Waals surface area (Å²) in [6.45, 7) is 0.0194. The zero-order valence-electron chi connectivity index (χ0n) is 11.4. The lowest BCUT2D eigenvalue weighted by Gasteiger charge is -2.20. The molecule has 5 nitrogen and oxygen atoms in total. The van der Waals surface area contributed by atoms with Gasteiger partial charge in [-0.2, -0.15) is 5.26 Å². The van der Waals surface area contributed by atoms with Gasteiger partial charge in [0.2, 0.25) is 0 Å². The molecule has 1 saturated carbocycles. The molecule has 1 aromatic carbocycles. The highest BCUT2D eigenvalue weighted by Crippen LogP contribution is 2.28. The van der Waals surface area contributed by atoms with Crippen molar-refractivity contribution in [3.63, 3.8) is 0 Å². The Labute approximate surface area is 119 Å². The van der Waals surface area contributed by atoms with Crippen molar-refractivity contribution in [1.29, 1.82) is 5.26 Å². The van der Waals surface area contributed by atoms with Gasteiger partial charge in [-0.3, -0.25) is 0 Å². The number of hydrogen-bond donors (Lipinski definition) is 1. The highest BCUT2D eigenvalue weighted by Gasteiger charge is 2.34. The van der Waals surface area contributed by atoms with Crippen molar-refractivity contribution in [1.82, 2.24) is 0 Å². The fourth-order valence-corrected chi connectivity index (χ4v) is 3.98. The predicted octanol–water partition coefficient (Wildman–Crippen LogP) is 1.97. The van der Waals surface area contributed by atoms with Crippen LogP contribution in [0.2, 0.25) is 0 Å². The average Bonchev–Trinajstić information content (AvgIpc) is 2.86. The smallest absolute Gasteiger partial charge is 0.174 e. The van der Waals surface area contributed by atoms with Crippen molar-refractivity contribution < 1.29 is 13.2 Å². The van der Waals surface area contributed by atoms with Gasteiger partial charge in [-0.1, -0.05) is 0 Å². The summed E-state index contributed by atoms with van der Waals surface area (Å²) in [5.74, 6) is 0.628. The van der Waals surface area contributed by atoms with E-state index >= 15 is 0 Å². The van der Waals surface area contributed by atoms with Crippen molar-refractivity contribution in [2.75, 3.05) is 18.2 Å². The topological polar surface area (TPSA) is 79.2 Å². The van der Waals surface area contributed by atoms with Crippen LogP contribution in [0.25, 0.3) is 0 Å². The van der Waals surface area contributed by atoms with Gasteiger partial charge in [0, 0.05) is 18.0 Å². The van der Waals surface area contributed by atoms with Gasteiger partial charge in [-0.05, 0) is 43.5 Å². The molecule has 0 bridgehead atoms. The molecule has 0 spiro atoms. The lowest BCUT2D eigenvalue weighted by Crippen LogP contribution is -2.34.